The molecule has 0 aliphatic carbocycles. The Morgan fingerprint density at radius 2 is 2.08 bits per heavy atom. The van der Waals surface area contributed by atoms with Crippen LogP contribution in [0, 0.1) is 5.82 Å². The van der Waals surface area contributed by atoms with Crippen LogP contribution < -0.4 is 11.1 Å². The zero-order valence-electron chi connectivity index (χ0n) is 13.6. The van der Waals surface area contributed by atoms with Gasteiger partial charge in [-0.15, -0.1) is 0 Å². The van der Waals surface area contributed by atoms with Crippen LogP contribution in [0.1, 0.15) is 42.2 Å². The molecule has 2 aromatic heterocycles. The van der Waals surface area contributed by atoms with E-state index in [9.17, 15) is 9.18 Å². The second-order valence-electron chi connectivity index (χ2n) is 5.84. The normalized spacial score (nSPS) is 12.3. The van der Waals surface area contributed by atoms with Gasteiger partial charge in [-0.3, -0.25) is 4.79 Å². The lowest BCUT2D eigenvalue weighted by molar-refractivity contribution is 0.102. The van der Waals surface area contributed by atoms with E-state index in [1.807, 2.05) is 6.07 Å². The van der Waals surface area contributed by atoms with E-state index < -0.39 is 0 Å². The molecule has 3 rings (SSSR count). The van der Waals surface area contributed by atoms with Crippen LogP contribution in [0.2, 0.25) is 0 Å². The Kier molecular flexibility index (Phi) is 4.20. The quantitative estimate of drug-likeness (QED) is 0.676. The number of halogens is 1. The van der Waals surface area contributed by atoms with Gasteiger partial charge in [0.05, 0.1) is 11.3 Å². The molecule has 0 bridgehead atoms. The summed E-state index contributed by atoms with van der Waals surface area (Å²) in [7, 11) is 0. The molecular weight excluding hydrogens is 307 g/mol. The number of rotatable bonds is 4. The van der Waals surface area contributed by atoms with Gasteiger partial charge in [0, 0.05) is 23.0 Å². The van der Waals surface area contributed by atoms with Crippen molar-refractivity contribution in [1.82, 2.24) is 9.97 Å². The summed E-state index contributed by atoms with van der Waals surface area (Å²) in [5.74, 6) is -0.379. The minimum absolute atomic E-state index is 0.293. The lowest BCUT2D eigenvalue weighted by Crippen LogP contribution is -2.14. The molecule has 6 heteroatoms. The number of benzene rings is 1. The maximum Gasteiger partial charge on any atom is 0.259 e. The van der Waals surface area contributed by atoms with E-state index in [0.717, 1.165) is 17.5 Å². The summed E-state index contributed by atoms with van der Waals surface area (Å²) in [6.07, 6.45) is 2.44. The largest absolute Gasteiger partial charge is 0.397 e. The predicted octanol–water partition coefficient (Wildman–Crippen LogP) is 4.05. The van der Waals surface area contributed by atoms with Crippen LogP contribution in [-0.4, -0.2) is 15.9 Å². The highest BCUT2D eigenvalue weighted by Gasteiger charge is 2.16. The molecule has 0 aliphatic rings. The number of carbonyl (C=O) groups is 1. The van der Waals surface area contributed by atoms with Crippen LogP contribution >= 0.6 is 0 Å². The second kappa shape index (κ2) is 6.31. The first-order chi connectivity index (χ1) is 11.5. The molecule has 2 heterocycles. The number of nitrogens with two attached hydrogens (primary N) is 1. The summed E-state index contributed by atoms with van der Waals surface area (Å²) in [4.78, 5) is 20.0. The molecule has 0 fully saturated rings. The Bertz CT molecular complexity index is 886. The second-order valence-corrected chi connectivity index (χ2v) is 5.84. The standard InChI is InChI=1S/C18H19FN4O/c1-3-10(2)15-8-13-16(20)14(9-21-17(13)23-15)18(24)22-12-6-4-11(19)5-7-12/h4-10H,3H2,1-2H3,(H,22,24)(H3,20,21,23). The zero-order valence-corrected chi connectivity index (χ0v) is 13.6. The number of hydrogen-bond donors (Lipinski definition) is 3. The molecule has 5 nitrogen and oxygen atoms in total. The van der Waals surface area contributed by atoms with Crippen LogP contribution in [0.15, 0.2) is 36.5 Å². The van der Waals surface area contributed by atoms with E-state index in [2.05, 4.69) is 29.1 Å². The molecule has 0 aliphatic heterocycles. The fourth-order valence-electron chi connectivity index (χ4n) is 2.51. The number of H-pyrrole nitrogens is 1. The summed E-state index contributed by atoms with van der Waals surface area (Å²) in [6, 6.07) is 7.50. The van der Waals surface area contributed by atoms with Gasteiger partial charge in [-0.1, -0.05) is 13.8 Å². The van der Waals surface area contributed by atoms with Crippen LogP contribution in [0.4, 0.5) is 15.8 Å². The molecule has 0 spiro atoms. The minimum Gasteiger partial charge on any atom is -0.397 e. The predicted molar refractivity (Wildman–Crippen MR) is 93.6 cm³/mol. The smallest absolute Gasteiger partial charge is 0.259 e. The number of hydrogen-bond acceptors (Lipinski definition) is 3. The van der Waals surface area contributed by atoms with E-state index in [1.54, 1.807) is 0 Å². The zero-order chi connectivity index (χ0) is 17.3. The van der Waals surface area contributed by atoms with Crippen LogP contribution in [0.5, 0.6) is 0 Å². The fraction of sp³-hybridized carbons (Fsp3) is 0.222. The summed E-state index contributed by atoms with van der Waals surface area (Å²) in [5, 5.41) is 3.43. The van der Waals surface area contributed by atoms with Crippen molar-refractivity contribution in [2.24, 2.45) is 0 Å². The van der Waals surface area contributed by atoms with Crippen molar-refractivity contribution >= 4 is 28.3 Å². The molecule has 1 unspecified atom stereocenters. The van der Waals surface area contributed by atoms with Crippen LogP contribution in [0.3, 0.4) is 0 Å². The third-order valence-corrected chi connectivity index (χ3v) is 4.21. The van der Waals surface area contributed by atoms with E-state index >= 15 is 0 Å². The first kappa shape index (κ1) is 16.0. The van der Waals surface area contributed by atoms with Gasteiger partial charge in [-0.05, 0) is 42.7 Å². The molecule has 1 amide bonds. The number of nitrogens with zero attached hydrogens (tertiary/aromatic N) is 1. The Labute approximate surface area is 139 Å². The summed E-state index contributed by atoms with van der Waals surface area (Å²) >= 11 is 0. The first-order valence-corrected chi connectivity index (χ1v) is 7.83. The monoisotopic (exact) mass is 326 g/mol. The third kappa shape index (κ3) is 2.95. The highest BCUT2D eigenvalue weighted by atomic mass is 19.1. The average molecular weight is 326 g/mol. The van der Waals surface area contributed by atoms with Gasteiger partial charge in [0.25, 0.3) is 5.91 Å². The summed E-state index contributed by atoms with van der Waals surface area (Å²) in [5.41, 5.74) is 9.05. The SMILES string of the molecule is CCC(C)c1cc2c(N)c(C(=O)Nc3ccc(F)cc3)cnc2[nH]1. The van der Waals surface area contributed by atoms with Crippen molar-refractivity contribution in [3.05, 3.63) is 53.6 Å². The highest BCUT2D eigenvalue weighted by molar-refractivity contribution is 6.11. The van der Waals surface area contributed by atoms with E-state index in [4.69, 9.17) is 5.73 Å². The highest BCUT2D eigenvalue weighted by Crippen LogP contribution is 2.28. The van der Waals surface area contributed by atoms with Crippen molar-refractivity contribution in [2.45, 2.75) is 26.2 Å². The van der Waals surface area contributed by atoms with Crippen molar-refractivity contribution in [3.63, 3.8) is 0 Å². The third-order valence-electron chi connectivity index (χ3n) is 4.21. The molecule has 1 atom stereocenters. The van der Waals surface area contributed by atoms with Crippen molar-refractivity contribution in [3.8, 4) is 0 Å². The number of nitrogen functional groups attached to an aromatic ring is 1. The summed E-state index contributed by atoms with van der Waals surface area (Å²) < 4.78 is 12.9. The topological polar surface area (TPSA) is 83.8 Å². The fourth-order valence-corrected chi connectivity index (χ4v) is 2.51. The average Bonchev–Trinajstić information content (AvgIpc) is 3.01. The van der Waals surface area contributed by atoms with E-state index in [0.29, 0.717) is 28.5 Å². The van der Waals surface area contributed by atoms with Crippen molar-refractivity contribution in [2.75, 3.05) is 11.1 Å². The van der Waals surface area contributed by atoms with Crippen LogP contribution in [0.25, 0.3) is 11.0 Å². The van der Waals surface area contributed by atoms with Gasteiger partial charge in [-0.25, -0.2) is 9.37 Å². The molecule has 4 N–H and O–H groups in total. The Balaban J connectivity index is 1.92. The van der Waals surface area contributed by atoms with Crippen molar-refractivity contribution in [1.29, 1.82) is 0 Å². The molecule has 1 aromatic carbocycles. The van der Waals surface area contributed by atoms with Gasteiger partial charge < -0.3 is 16.0 Å². The molecule has 0 saturated carbocycles. The van der Waals surface area contributed by atoms with Gasteiger partial charge >= 0.3 is 0 Å². The number of amides is 1. The molecular formula is C18H19FN4O. The lowest BCUT2D eigenvalue weighted by Gasteiger charge is -2.07. The van der Waals surface area contributed by atoms with E-state index in [1.165, 1.54) is 30.5 Å². The first-order valence-electron chi connectivity index (χ1n) is 7.83. The number of nitrogens with one attached hydrogen (secondary N) is 2. The molecule has 0 saturated heterocycles. The Hall–Kier alpha value is -2.89. The number of anilines is 2. The number of fused-ring (bicyclic) bond motifs is 1. The van der Waals surface area contributed by atoms with Gasteiger partial charge in [0.15, 0.2) is 0 Å². The minimum atomic E-state index is -0.375. The maximum absolute atomic E-state index is 12.9. The molecule has 124 valence electrons. The van der Waals surface area contributed by atoms with Gasteiger partial charge in [0.2, 0.25) is 0 Å². The van der Waals surface area contributed by atoms with Crippen molar-refractivity contribution < 1.29 is 9.18 Å². The lowest BCUT2D eigenvalue weighted by atomic mass is 10.0. The van der Waals surface area contributed by atoms with Gasteiger partial charge in [0.1, 0.15) is 11.5 Å². The molecule has 3 aromatic rings. The maximum atomic E-state index is 12.9. The summed E-state index contributed by atoms with van der Waals surface area (Å²) in [6.45, 7) is 4.22. The number of aromatic nitrogens is 2. The van der Waals surface area contributed by atoms with E-state index in [-0.39, 0.29) is 11.7 Å². The molecule has 0 radical (unpaired) electrons. The number of aromatic amines is 1. The molecule has 24 heavy (non-hydrogen) atoms. The van der Waals surface area contributed by atoms with Gasteiger partial charge in [-0.2, -0.15) is 0 Å². The Morgan fingerprint density at radius 3 is 2.75 bits per heavy atom. The number of pyridine rings is 1. The van der Waals surface area contributed by atoms with Crippen LogP contribution in [-0.2, 0) is 0 Å². The Morgan fingerprint density at radius 1 is 1.38 bits per heavy atom. The number of carbonyl (C=O) groups excluding carboxylic acids is 1.